The smallest absolute Gasteiger partial charge is 0.271 e. The van der Waals surface area contributed by atoms with Gasteiger partial charge < -0.3 is 5.11 Å². The summed E-state index contributed by atoms with van der Waals surface area (Å²) in [5, 5.41) is 15.0. The number of phenols is 1. The number of fused-ring (bicyclic) bond motifs is 5. The van der Waals surface area contributed by atoms with Crippen LogP contribution in [0.25, 0.3) is 0 Å². The fourth-order valence-electron chi connectivity index (χ4n) is 6.35. The van der Waals surface area contributed by atoms with E-state index in [9.17, 15) is 9.90 Å². The van der Waals surface area contributed by atoms with Crippen molar-refractivity contribution in [2.24, 2.45) is 22.4 Å². The predicted molar refractivity (Wildman–Crippen MR) is 119 cm³/mol. The van der Waals surface area contributed by atoms with Crippen LogP contribution in [-0.2, 0) is 6.42 Å². The van der Waals surface area contributed by atoms with Gasteiger partial charge in [0.1, 0.15) is 5.75 Å². The van der Waals surface area contributed by atoms with Crippen LogP contribution in [0.15, 0.2) is 47.6 Å². The average molecular weight is 423 g/mol. The number of phenolic OH excluding ortho intramolecular Hbond substituents is 1. The molecule has 2 saturated carbocycles. The van der Waals surface area contributed by atoms with Crippen molar-refractivity contribution in [3.05, 3.63) is 64.2 Å². The van der Waals surface area contributed by atoms with Crippen LogP contribution in [0.4, 0.5) is 0 Å². The summed E-state index contributed by atoms with van der Waals surface area (Å²) in [5.41, 5.74) is 7.26. The lowest BCUT2D eigenvalue weighted by molar-refractivity contribution is 0.0930. The van der Waals surface area contributed by atoms with Crippen molar-refractivity contribution in [1.29, 1.82) is 0 Å². The molecule has 2 N–H and O–H groups in total. The van der Waals surface area contributed by atoms with E-state index in [2.05, 4.69) is 23.5 Å². The van der Waals surface area contributed by atoms with Crippen LogP contribution >= 0.6 is 11.6 Å². The second-order valence-corrected chi connectivity index (χ2v) is 9.74. The number of amides is 1. The second-order valence-electron chi connectivity index (χ2n) is 9.30. The third-order valence-electron chi connectivity index (χ3n) is 7.83. The minimum Gasteiger partial charge on any atom is -0.508 e. The molecule has 0 radical (unpaired) electrons. The molecule has 2 aromatic carbocycles. The summed E-state index contributed by atoms with van der Waals surface area (Å²) in [6.45, 7) is 2.34. The second kappa shape index (κ2) is 7.42. The van der Waals surface area contributed by atoms with Gasteiger partial charge >= 0.3 is 0 Å². The number of benzene rings is 2. The summed E-state index contributed by atoms with van der Waals surface area (Å²) < 4.78 is 0. The lowest BCUT2D eigenvalue weighted by Gasteiger charge is -2.49. The van der Waals surface area contributed by atoms with Gasteiger partial charge in [-0.25, -0.2) is 5.43 Å². The molecule has 0 bridgehead atoms. The van der Waals surface area contributed by atoms with Crippen LogP contribution in [0.1, 0.15) is 66.4 Å². The van der Waals surface area contributed by atoms with Crippen molar-refractivity contribution < 1.29 is 9.90 Å². The van der Waals surface area contributed by atoms with Gasteiger partial charge in [-0.15, -0.1) is 0 Å². The third kappa shape index (κ3) is 3.22. The van der Waals surface area contributed by atoms with E-state index in [1.165, 1.54) is 17.5 Å². The number of carbonyl (C=O) groups is 1. The zero-order valence-corrected chi connectivity index (χ0v) is 18.0. The lowest BCUT2D eigenvalue weighted by Crippen LogP contribution is -2.43. The van der Waals surface area contributed by atoms with Crippen LogP contribution in [-0.4, -0.2) is 16.7 Å². The Labute approximate surface area is 182 Å². The molecule has 5 rings (SSSR count). The summed E-state index contributed by atoms with van der Waals surface area (Å²) in [4.78, 5) is 12.5. The molecule has 4 nitrogen and oxygen atoms in total. The van der Waals surface area contributed by atoms with Crippen LogP contribution < -0.4 is 5.43 Å². The fourth-order valence-corrected chi connectivity index (χ4v) is 6.54. The standard InChI is InChI=1S/C25H27ClN2O2/c1-25-12-11-20-19-8-6-18(29)14-15(19)5-7-21(20)22(25)9-10-23(25)27-28-24(30)16-3-2-4-17(26)13-16/h2-4,6,8,13-14,20-22,29H,5,7,9-12H2,1H3,(H,28,30)/b27-23+. The number of hydrogen-bond acceptors (Lipinski definition) is 3. The Morgan fingerprint density at radius 2 is 2.03 bits per heavy atom. The van der Waals surface area contributed by atoms with Crippen LogP contribution in [0.5, 0.6) is 5.75 Å². The van der Waals surface area contributed by atoms with E-state index in [1.807, 2.05) is 12.1 Å². The number of halogens is 1. The van der Waals surface area contributed by atoms with E-state index in [4.69, 9.17) is 11.6 Å². The summed E-state index contributed by atoms with van der Waals surface area (Å²) >= 11 is 6.01. The molecule has 3 aliphatic rings. The molecule has 0 heterocycles. The first-order valence-corrected chi connectivity index (χ1v) is 11.3. The molecule has 0 aliphatic heterocycles. The number of rotatable bonds is 2. The maximum atomic E-state index is 12.5. The van der Waals surface area contributed by atoms with Gasteiger partial charge in [0.25, 0.3) is 5.91 Å². The summed E-state index contributed by atoms with van der Waals surface area (Å²) in [6.07, 6.45) is 6.51. The molecule has 0 aromatic heterocycles. The van der Waals surface area contributed by atoms with Crippen LogP contribution in [0, 0.1) is 17.3 Å². The zero-order chi connectivity index (χ0) is 20.9. The van der Waals surface area contributed by atoms with Crippen LogP contribution in [0.3, 0.4) is 0 Å². The van der Waals surface area contributed by atoms with Gasteiger partial charge in [-0.2, -0.15) is 5.10 Å². The molecule has 0 saturated heterocycles. The number of hydrazone groups is 1. The van der Waals surface area contributed by atoms with Crippen molar-refractivity contribution in [1.82, 2.24) is 5.43 Å². The molecular weight excluding hydrogens is 396 g/mol. The zero-order valence-electron chi connectivity index (χ0n) is 17.2. The molecule has 0 spiro atoms. The lowest BCUT2D eigenvalue weighted by atomic mass is 9.55. The van der Waals surface area contributed by atoms with Gasteiger partial charge in [0.05, 0.1) is 0 Å². The highest BCUT2D eigenvalue weighted by Crippen LogP contribution is 2.59. The molecule has 30 heavy (non-hydrogen) atoms. The van der Waals surface area contributed by atoms with Crippen LogP contribution in [0.2, 0.25) is 5.02 Å². The number of nitrogens with zero attached hydrogens (tertiary/aromatic N) is 1. The van der Waals surface area contributed by atoms with Crippen molar-refractivity contribution in [2.45, 2.75) is 51.4 Å². The Balaban J connectivity index is 1.36. The maximum absolute atomic E-state index is 12.5. The van der Waals surface area contributed by atoms with E-state index in [1.54, 1.807) is 24.3 Å². The van der Waals surface area contributed by atoms with Crippen molar-refractivity contribution in [3.63, 3.8) is 0 Å². The molecule has 5 heteroatoms. The van der Waals surface area contributed by atoms with Crippen molar-refractivity contribution in [2.75, 3.05) is 0 Å². The first-order valence-electron chi connectivity index (χ1n) is 10.9. The van der Waals surface area contributed by atoms with Crippen molar-refractivity contribution in [3.8, 4) is 5.75 Å². The van der Waals surface area contributed by atoms with E-state index in [0.29, 0.717) is 34.1 Å². The quantitative estimate of drug-likeness (QED) is 0.611. The van der Waals surface area contributed by atoms with Gasteiger partial charge in [-0.05, 0) is 97.7 Å². The Bertz CT molecular complexity index is 1030. The highest BCUT2D eigenvalue weighted by atomic mass is 35.5. The summed E-state index contributed by atoms with van der Waals surface area (Å²) in [6, 6.07) is 12.9. The fraction of sp³-hybridized carbons (Fsp3) is 0.440. The number of aryl methyl sites for hydroxylation is 1. The number of aromatic hydroxyl groups is 1. The van der Waals surface area contributed by atoms with Gasteiger partial charge in [-0.3, -0.25) is 4.79 Å². The van der Waals surface area contributed by atoms with Gasteiger partial charge in [0.2, 0.25) is 0 Å². The Morgan fingerprint density at radius 3 is 2.87 bits per heavy atom. The maximum Gasteiger partial charge on any atom is 0.271 e. The molecule has 2 fully saturated rings. The average Bonchev–Trinajstić information content (AvgIpc) is 3.08. The van der Waals surface area contributed by atoms with Gasteiger partial charge in [0, 0.05) is 21.7 Å². The van der Waals surface area contributed by atoms with Crippen molar-refractivity contribution >= 4 is 23.2 Å². The minimum absolute atomic E-state index is 0.0528. The first kappa shape index (κ1) is 19.6. The predicted octanol–water partition coefficient (Wildman–Crippen LogP) is 5.69. The summed E-state index contributed by atoms with van der Waals surface area (Å²) in [5.74, 6) is 1.99. The largest absolute Gasteiger partial charge is 0.508 e. The molecule has 1 amide bonds. The van der Waals surface area contributed by atoms with E-state index in [0.717, 1.165) is 37.8 Å². The molecule has 2 aromatic rings. The Hall–Kier alpha value is -2.33. The number of carbonyl (C=O) groups excluding carboxylic acids is 1. The summed E-state index contributed by atoms with van der Waals surface area (Å²) in [7, 11) is 0. The monoisotopic (exact) mass is 422 g/mol. The highest BCUT2D eigenvalue weighted by molar-refractivity contribution is 6.30. The van der Waals surface area contributed by atoms with E-state index < -0.39 is 0 Å². The third-order valence-corrected chi connectivity index (χ3v) is 8.07. The molecule has 156 valence electrons. The number of nitrogens with one attached hydrogen (secondary N) is 1. The normalized spacial score (nSPS) is 31.0. The molecule has 3 aliphatic carbocycles. The molecule has 4 atom stereocenters. The van der Waals surface area contributed by atoms with Gasteiger partial charge in [0.15, 0.2) is 0 Å². The SMILES string of the molecule is CC12CCC3c4ccc(O)cc4CCC3C1CC/C2=N\NC(=O)c1cccc(Cl)c1. The van der Waals surface area contributed by atoms with E-state index in [-0.39, 0.29) is 11.3 Å². The molecule has 4 unspecified atom stereocenters. The Morgan fingerprint density at radius 1 is 1.17 bits per heavy atom. The topological polar surface area (TPSA) is 61.7 Å². The highest BCUT2D eigenvalue weighted by Gasteiger charge is 2.53. The minimum atomic E-state index is -0.211. The molecular formula is C25H27ClN2O2. The Kier molecular flexibility index (Phi) is 4.85. The van der Waals surface area contributed by atoms with E-state index >= 15 is 0 Å². The number of hydrogen-bond donors (Lipinski definition) is 2. The van der Waals surface area contributed by atoms with Gasteiger partial charge in [-0.1, -0.05) is 30.7 Å². The first-order chi connectivity index (χ1) is 14.5.